The fraction of sp³-hybridized carbons (Fsp3) is 0.120. The van der Waals surface area contributed by atoms with Gasteiger partial charge in [0.1, 0.15) is 17.5 Å². The van der Waals surface area contributed by atoms with E-state index in [4.69, 9.17) is 5.73 Å². The highest BCUT2D eigenvalue weighted by molar-refractivity contribution is 5.90. The molecule has 0 aliphatic rings. The molecule has 9 heteroatoms. The van der Waals surface area contributed by atoms with Crippen LogP contribution in [0, 0.1) is 31.3 Å². The summed E-state index contributed by atoms with van der Waals surface area (Å²) in [5, 5.41) is 4.38. The van der Waals surface area contributed by atoms with E-state index in [1.54, 1.807) is 12.1 Å². The van der Waals surface area contributed by atoms with Gasteiger partial charge in [0.15, 0.2) is 11.5 Å². The number of nitrogen functional groups attached to an aromatic ring is 1. The predicted molar refractivity (Wildman–Crippen MR) is 122 cm³/mol. The standard InChI is InChI=1S/C25H19F3N6/c1-13-10-16(11-14(2)30-13)22-23(15-6-8-17(26)9-7-15)32-25(29)34-24(22)31-21(33-34)12-18-19(27)4-3-5-20(18)28/h3-11H,12H2,1-2H3,(H2,29,32). The van der Waals surface area contributed by atoms with Crippen molar-refractivity contribution in [3.05, 3.63) is 94.8 Å². The van der Waals surface area contributed by atoms with E-state index in [9.17, 15) is 13.2 Å². The maximum absolute atomic E-state index is 14.2. The van der Waals surface area contributed by atoms with Gasteiger partial charge in [0.2, 0.25) is 5.95 Å². The average Bonchev–Trinajstić information content (AvgIpc) is 3.20. The van der Waals surface area contributed by atoms with Gasteiger partial charge in [-0.1, -0.05) is 6.07 Å². The minimum absolute atomic E-state index is 0.0355. The lowest BCUT2D eigenvalue weighted by atomic mass is 9.99. The number of aryl methyl sites for hydroxylation is 2. The Labute approximate surface area is 192 Å². The molecule has 0 bridgehead atoms. The van der Waals surface area contributed by atoms with Gasteiger partial charge in [0.05, 0.1) is 11.3 Å². The van der Waals surface area contributed by atoms with Crippen molar-refractivity contribution in [1.29, 1.82) is 0 Å². The van der Waals surface area contributed by atoms with Crippen LogP contribution in [0.4, 0.5) is 19.1 Å². The first kappa shape index (κ1) is 21.6. The Hall–Kier alpha value is -4.27. The molecule has 0 saturated heterocycles. The highest BCUT2D eigenvalue weighted by Crippen LogP contribution is 2.35. The van der Waals surface area contributed by atoms with E-state index in [1.807, 2.05) is 26.0 Å². The van der Waals surface area contributed by atoms with Crippen molar-refractivity contribution in [1.82, 2.24) is 24.6 Å². The zero-order chi connectivity index (χ0) is 24.0. The fourth-order valence-corrected chi connectivity index (χ4v) is 4.00. The molecule has 0 aliphatic carbocycles. The molecule has 0 unspecified atom stereocenters. The number of anilines is 1. The summed E-state index contributed by atoms with van der Waals surface area (Å²) in [4.78, 5) is 13.6. The predicted octanol–water partition coefficient (Wildman–Crippen LogP) is 5.06. The van der Waals surface area contributed by atoms with Crippen LogP contribution < -0.4 is 5.73 Å². The van der Waals surface area contributed by atoms with Crippen LogP contribution in [0.1, 0.15) is 22.8 Å². The van der Waals surface area contributed by atoms with Crippen LogP contribution in [0.3, 0.4) is 0 Å². The van der Waals surface area contributed by atoms with Gasteiger partial charge < -0.3 is 5.73 Å². The van der Waals surface area contributed by atoms with Gasteiger partial charge in [-0.25, -0.2) is 23.1 Å². The number of halogens is 3. The quantitative estimate of drug-likeness (QED) is 0.405. The molecule has 170 valence electrons. The lowest BCUT2D eigenvalue weighted by Crippen LogP contribution is -2.06. The van der Waals surface area contributed by atoms with Crippen LogP contribution in [0.15, 0.2) is 54.6 Å². The second-order valence-electron chi connectivity index (χ2n) is 7.98. The van der Waals surface area contributed by atoms with E-state index in [0.717, 1.165) is 17.0 Å². The smallest absolute Gasteiger partial charge is 0.223 e. The number of pyridine rings is 1. The molecule has 3 heterocycles. The monoisotopic (exact) mass is 460 g/mol. The van der Waals surface area contributed by atoms with Crippen molar-refractivity contribution >= 4 is 11.6 Å². The lowest BCUT2D eigenvalue weighted by Gasteiger charge is -2.13. The molecule has 2 aromatic carbocycles. The Morgan fingerprint density at radius 1 is 0.824 bits per heavy atom. The van der Waals surface area contributed by atoms with E-state index in [2.05, 4.69) is 20.1 Å². The van der Waals surface area contributed by atoms with Crippen LogP contribution in [-0.4, -0.2) is 24.6 Å². The average molecular weight is 460 g/mol. The maximum Gasteiger partial charge on any atom is 0.223 e. The number of benzene rings is 2. The molecule has 0 atom stereocenters. The number of aromatic nitrogens is 5. The topological polar surface area (TPSA) is 82.0 Å². The molecule has 0 amide bonds. The van der Waals surface area contributed by atoms with E-state index >= 15 is 0 Å². The molecule has 0 saturated carbocycles. The van der Waals surface area contributed by atoms with Crippen molar-refractivity contribution < 1.29 is 13.2 Å². The van der Waals surface area contributed by atoms with Gasteiger partial charge in [0, 0.05) is 28.9 Å². The number of hydrogen-bond donors (Lipinski definition) is 1. The molecule has 0 fully saturated rings. The molecule has 0 radical (unpaired) electrons. The Kier molecular flexibility index (Phi) is 5.24. The van der Waals surface area contributed by atoms with Crippen LogP contribution in [-0.2, 0) is 6.42 Å². The van der Waals surface area contributed by atoms with Crippen molar-refractivity contribution in [3.8, 4) is 22.4 Å². The highest BCUT2D eigenvalue weighted by atomic mass is 19.1. The fourth-order valence-electron chi connectivity index (χ4n) is 4.00. The molecule has 34 heavy (non-hydrogen) atoms. The number of fused-ring (bicyclic) bond motifs is 1. The van der Waals surface area contributed by atoms with Gasteiger partial charge in [-0.3, -0.25) is 4.98 Å². The van der Waals surface area contributed by atoms with Crippen molar-refractivity contribution in [2.75, 3.05) is 5.73 Å². The molecule has 3 aromatic heterocycles. The number of nitrogens with zero attached hydrogens (tertiary/aromatic N) is 5. The lowest BCUT2D eigenvalue weighted by molar-refractivity contribution is 0.559. The van der Waals surface area contributed by atoms with Gasteiger partial charge in [-0.15, -0.1) is 5.10 Å². The summed E-state index contributed by atoms with van der Waals surface area (Å²) in [6.07, 6.45) is -0.167. The second-order valence-corrected chi connectivity index (χ2v) is 7.98. The molecule has 0 aliphatic heterocycles. The van der Waals surface area contributed by atoms with Gasteiger partial charge in [-0.05, 0) is 67.9 Å². The first-order chi connectivity index (χ1) is 16.3. The highest BCUT2D eigenvalue weighted by Gasteiger charge is 2.22. The van der Waals surface area contributed by atoms with E-state index in [1.165, 1.54) is 34.8 Å². The van der Waals surface area contributed by atoms with Crippen LogP contribution in [0.5, 0.6) is 0 Å². The third kappa shape index (κ3) is 3.85. The maximum atomic E-state index is 14.2. The minimum atomic E-state index is -0.683. The zero-order valence-corrected chi connectivity index (χ0v) is 18.4. The van der Waals surface area contributed by atoms with E-state index in [0.29, 0.717) is 22.5 Å². The third-order valence-corrected chi connectivity index (χ3v) is 5.44. The Balaban J connectivity index is 1.78. The Morgan fingerprint density at radius 3 is 2.12 bits per heavy atom. The Bertz CT molecular complexity index is 1500. The van der Waals surface area contributed by atoms with E-state index in [-0.39, 0.29) is 29.6 Å². The number of nitrogens with two attached hydrogens (primary N) is 1. The summed E-state index contributed by atoms with van der Waals surface area (Å²) in [6.45, 7) is 3.73. The molecule has 5 aromatic rings. The van der Waals surface area contributed by atoms with Crippen molar-refractivity contribution in [2.24, 2.45) is 0 Å². The van der Waals surface area contributed by atoms with Crippen LogP contribution in [0.2, 0.25) is 0 Å². The zero-order valence-electron chi connectivity index (χ0n) is 18.4. The van der Waals surface area contributed by atoms with E-state index < -0.39 is 11.6 Å². The molecule has 5 rings (SSSR count). The van der Waals surface area contributed by atoms with Gasteiger partial charge in [0.25, 0.3) is 0 Å². The third-order valence-electron chi connectivity index (χ3n) is 5.44. The Morgan fingerprint density at radius 2 is 1.47 bits per heavy atom. The molecule has 2 N–H and O–H groups in total. The summed E-state index contributed by atoms with van der Waals surface area (Å²) < 4.78 is 43.4. The first-order valence-electron chi connectivity index (χ1n) is 10.5. The molecule has 0 spiro atoms. The van der Waals surface area contributed by atoms with Crippen LogP contribution in [0.25, 0.3) is 28.0 Å². The molecule has 6 nitrogen and oxygen atoms in total. The van der Waals surface area contributed by atoms with Crippen LogP contribution >= 0.6 is 0 Å². The minimum Gasteiger partial charge on any atom is -0.368 e. The van der Waals surface area contributed by atoms with Gasteiger partial charge >= 0.3 is 0 Å². The first-order valence-corrected chi connectivity index (χ1v) is 10.5. The largest absolute Gasteiger partial charge is 0.368 e. The summed E-state index contributed by atoms with van der Waals surface area (Å²) in [6, 6.07) is 13.3. The molecular weight excluding hydrogens is 441 g/mol. The molecular formula is C25H19F3N6. The van der Waals surface area contributed by atoms with Crippen molar-refractivity contribution in [3.63, 3.8) is 0 Å². The van der Waals surface area contributed by atoms with Gasteiger partial charge in [-0.2, -0.15) is 4.52 Å². The summed E-state index contributed by atoms with van der Waals surface area (Å²) in [7, 11) is 0. The normalized spacial score (nSPS) is 11.3. The summed E-state index contributed by atoms with van der Waals surface area (Å²) in [5.74, 6) is -1.53. The number of rotatable bonds is 4. The SMILES string of the molecule is Cc1cc(-c2c(-c3ccc(F)cc3)nc(N)n3nc(Cc4c(F)cccc4F)nc23)cc(C)n1. The number of hydrogen-bond acceptors (Lipinski definition) is 5. The summed E-state index contributed by atoms with van der Waals surface area (Å²) in [5.41, 5.74) is 10.5. The summed E-state index contributed by atoms with van der Waals surface area (Å²) >= 11 is 0. The van der Waals surface area contributed by atoms with Crippen molar-refractivity contribution in [2.45, 2.75) is 20.3 Å². The second kappa shape index (κ2) is 8.26.